The van der Waals surface area contributed by atoms with Crippen LogP contribution in [0.5, 0.6) is 5.88 Å². The summed E-state index contributed by atoms with van der Waals surface area (Å²) in [7, 11) is 1.58. The van der Waals surface area contributed by atoms with E-state index < -0.39 is 0 Å². The first kappa shape index (κ1) is 18.8. The van der Waals surface area contributed by atoms with Gasteiger partial charge in [-0.1, -0.05) is 6.07 Å². The number of anilines is 2. The molecule has 0 aliphatic carbocycles. The zero-order chi connectivity index (χ0) is 20.1. The molecule has 8 nitrogen and oxygen atoms in total. The molecule has 3 aromatic heterocycles. The van der Waals surface area contributed by atoms with Crippen molar-refractivity contribution in [2.45, 2.75) is 12.6 Å². The van der Waals surface area contributed by atoms with E-state index in [2.05, 4.69) is 20.3 Å². The van der Waals surface area contributed by atoms with Gasteiger partial charge in [-0.3, -0.25) is 14.8 Å². The standard InChI is InChI=1S/C21H21N5O3/c1-28-20-6-5-15(10-24-20)25-18-7-9-22-11-17(18)19-13-29-14-21(27)26(19)12-16-4-2-3-8-23-16/h2-11,19H,12-14H2,1H3,(H,22,25). The quantitative estimate of drug-likeness (QED) is 0.691. The lowest BCUT2D eigenvalue weighted by Crippen LogP contribution is -2.44. The number of pyridine rings is 3. The van der Waals surface area contributed by atoms with E-state index in [0.29, 0.717) is 19.0 Å². The average molecular weight is 391 g/mol. The zero-order valence-corrected chi connectivity index (χ0v) is 16.0. The number of methoxy groups -OCH3 is 1. The van der Waals surface area contributed by atoms with Crippen molar-refractivity contribution in [3.63, 3.8) is 0 Å². The molecule has 1 unspecified atom stereocenters. The van der Waals surface area contributed by atoms with E-state index in [4.69, 9.17) is 9.47 Å². The van der Waals surface area contributed by atoms with Gasteiger partial charge in [-0.15, -0.1) is 0 Å². The molecule has 4 rings (SSSR count). The first-order chi connectivity index (χ1) is 14.2. The molecule has 3 aromatic rings. The Labute approximate surface area is 168 Å². The largest absolute Gasteiger partial charge is 0.481 e. The molecule has 1 saturated heterocycles. The van der Waals surface area contributed by atoms with E-state index >= 15 is 0 Å². The Morgan fingerprint density at radius 3 is 2.86 bits per heavy atom. The maximum Gasteiger partial charge on any atom is 0.249 e. The summed E-state index contributed by atoms with van der Waals surface area (Å²) in [6, 6.07) is 10.9. The maximum absolute atomic E-state index is 12.6. The molecule has 0 radical (unpaired) electrons. The van der Waals surface area contributed by atoms with Gasteiger partial charge in [0.05, 0.1) is 43.9 Å². The maximum atomic E-state index is 12.6. The van der Waals surface area contributed by atoms with Crippen LogP contribution in [0, 0.1) is 0 Å². The van der Waals surface area contributed by atoms with Gasteiger partial charge >= 0.3 is 0 Å². The highest BCUT2D eigenvalue weighted by Gasteiger charge is 2.32. The second-order valence-corrected chi connectivity index (χ2v) is 6.55. The van der Waals surface area contributed by atoms with Gasteiger partial charge in [-0.25, -0.2) is 4.98 Å². The number of amides is 1. The molecule has 148 valence electrons. The van der Waals surface area contributed by atoms with Crippen LogP contribution in [-0.4, -0.2) is 46.1 Å². The average Bonchev–Trinajstić information content (AvgIpc) is 2.77. The van der Waals surface area contributed by atoms with E-state index in [-0.39, 0.29) is 18.6 Å². The molecule has 1 atom stereocenters. The van der Waals surface area contributed by atoms with Crippen molar-refractivity contribution < 1.29 is 14.3 Å². The number of hydrogen-bond donors (Lipinski definition) is 1. The third kappa shape index (κ3) is 4.33. The molecule has 8 heteroatoms. The van der Waals surface area contributed by atoms with Gasteiger partial charge < -0.3 is 19.7 Å². The van der Waals surface area contributed by atoms with Crippen molar-refractivity contribution in [3.05, 3.63) is 72.4 Å². The Balaban J connectivity index is 1.62. The van der Waals surface area contributed by atoms with Crippen LogP contribution in [0.25, 0.3) is 0 Å². The van der Waals surface area contributed by atoms with E-state index in [1.807, 2.05) is 30.3 Å². The minimum Gasteiger partial charge on any atom is -0.481 e. The Morgan fingerprint density at radius 1 is 1.17 bits per heavy atom. The number of rotatable bonds is 6. The third-order valence-electron chi connectivity index (χ3n) is 4.69. The van der Waals surface area contributed by atoms with Crippen molar-refractivity contribution in [2.75, 3.05) is 25.6 Å². The monoisotopic (exact) mass is 391 g/mol. The van der Waals surface area contributed by atoms with Crippen LogP contribution in [0.3, 0.4) is 0 Å². The summed E-state index contributed by atoms with van der Waals surface area (Å²) < 4.78 is 10.7. The van der Waals surface area contributed by atoms with Gasteiger partial charge in [0.2, 0.25) is 11.8 Å². The molecule has 1 amide bonds. The number of hydrogen-bond acceptors (Lipinski definition) is 7. The van der Waals surface area contributed by atoms with E-state index in [9.17, 15) is 4.79 Å². The lowest BCUT2D eigenvalue weighted by Gasteiger charge is -2.36. The summed E-state index contributed by atoms with van der Waals surface area (Å²) in [6.07, 6.45) is 6.88. The van der Waals surface area contributed by atoms with Gasteiger partial charge in [0, 0.05) is 35.9 Å². The number of ether oxygens (including phenoxy) is 2. The summed E-state index contributed by atoms with van der Waals surface area (Å²) in [5, 5.41) is 3.35. The molecule has 29 heavy (non-hydrogen) atoms. The molecule has 4 heterocycles. The van der Waals surface area contributed by atoms with Crippen LogP contribution < -0.4 is 10.1 Å². The summed E-state index contributed by atoms with van der Waals surface area (Å²) in [6.45, 7) is 0.862. The second kappa shape index (κ2) is 8.66. The van der Waals surface area contributed by atoms with Gasteiger partial charge in [-0.2, -0.15) is 0 Å². The van der Waals surface area contributed by atoms with Gasteiger partial charge in [0.15, 0.2) is 0 Å². The molecular weight excluding hydrogens is 370 g/mol. The number of aromatic nitrogens is 3. The smallest absolute Gasteiger partial charge is 0.249 e. The van der Waals surface area contributed by atoms with Crippen molar-refractivity contribution in [1.29, 1.82) is 0 Å². The molecule has 1 aliphatic heterocycles. The predicted octanol–water partition coefficient (Wildman–Crippen LogP) is 2.72. The summed E-state index contributed by atoms with van der Waals surface area (Å²) in [5.41, 5.74) is 3.33. The van der Waals surface area contributed by atoms with Crippen LogP contribution in [0.1, 0.15) is 17.3 Å². The van der Waals surface area contributed by atoms with Crippen molar-refractivity contribution in [1.82, 2.24) is 19.9 Å². The molecular formula is C21H21N5O3. The lowest BCUT2D eigenvalue weighted by molar-refractivity contribution is -0.149. The molecule has 0 spiro atoms. The zero-order valence-electron chi connectivity index (χ0n) is 16.0. The third-order valence-corrected chi connectivity index (χ3v) is 4.69. The minimum atomic E-state index is -0.277. The highest BCUT2D eigenvalue weighted by atomic mass is 16.5. The number of nitrogens with one attached hydrogen (secondary N) is 1. The van der Waals surface area contributed by atoms with E-state index in [0.717, 1.165) is 22.6 Å². The molecule has 1 aliphatic rings. The number of carbonyl (C=O) groups excluding carboxylic acids is 1. The normalized spacial score (nSPS) is 16.5. The number of carbonyl (C=O) groups is 1. The summed E-state index contributed by atoms with van der Waals surface area (Å²) in [4.78, 5) is 27.3. The SMILES string of the molecule is COc1ccc(Nc2ccncc2C2COCC(=O)N2Cc2ccccn2)cn1. The van der Waals surface area contributed by atoms with Gasteiger partial charge in [0.1, 0.15) is 6.61 Å². The summed E-state index contributed by atoms with van der Waals surface area (Å²) in [5.74, 6) is 0.464. The summed E-state index contributed by atoms with van der Waals surface area (Å²) >= 11 is 0. The topological polar surface area (TPSA) is 89.5 Å². The second-order valence-electron chi connectivity index (χ2n) is 6.55. The van der Waals surface area contributed by atoms with Crippen LogP contribution in [-0.2, 0) is 16.1 Å². The van der Waals surface area contributed by atoms with Crippen LogP contribution in [0.4, 0.5) is 11.4 Å². The number of nitrogens with zero attached hydrogens (tertiary/aromatic N) is 4. The lowest BCUT2D eigenvalue weighted by atomic mass is 10.0. The molecule has 0 bridgehead atoms. The Bertz CT molecular complexity index is 966. The van der Waals surface area contributed by atoms with Crippen molar-refractivity contribution in [2.24, 2.45) is 0 Å². The van der Waals surface area contributed by atoms with Crippen molar-refractivity contribution in [3.8, 4) is 5.88 Å². The number of morpholine rings is 1. The van der Waals surface area contributed by atoms with E-state index in [1.165, 1.54) is 0 Å². The Hall–Kier alpha value is -3.52. The molecule has 0 aromatic carbocycles. The molecule has 0 saturated carbocycles. The van der Waals surface area contributed by atoms with Crippen LogP contribution in [0.2, 0.25) is 0 Å². The van der Waals surface area contributed by atoms with Crippen molar-refractivity contribution >= 4 is 17.3 Å². The Morgan fingerprint density at radius 2 is 2.10 bits per heavy atom. The fourth-order valence-corrected chi connectivity index (χ4v) is 3.24. The molecule has 1 fully saturated rings. The van der Waals surface area contributed by atoms with Gasteiger partial charge in [-0.05, 0) is 24.3 Å². The molecule has 1 N–H and O–H groups in total. The van der Waals surface area contributed by atoms with Crippen LogP contribution >= 0.6 is 0 Å². The fourth-order valence-electron chi connectivity index (χ4n) is 3.24. The minimum absolute atomic E-state index is 0.0642. The van der Waals surface area contributed by atoms with Crippen LogP contribution in [0.15, 0.2) is 61.2 Å². The highest BCUT2D eigenvalue weighted by molar-refractivity contribution is 5.79. The van der Waals surface area contributed by atoms with Gasteiger partial charge in [0.25, 0.3) is 0 Å². The first-order valence-electron chi connectivity index (χ1n) is 9.22. The first-order valence-corrected chi connectivity index (χ1v) is 9.22. The predicted molar refractivity (Wildman–Crippen MR) is 107 cm³/mol. The Kier molecular flexibility index (Phi) is 5.62. The van der Waals surface area contributed by atoms with E-state index in [1.54, 1.807) is 42.9 Å². The fraction of sp³-hybridized carbons (Fsp3) is 0.238. The highest BCUT2D eigenvalue weighted by Crippen LogP contribution is 2.32.